The van der Waals surface area contributed by atoms with Gasteiger partial charge >= 0.3 is 0 Å². The van der Waals surface area contributed by atoms with Crippen molar-refractivity contribution in [1.82, 2.24) is 19.2 Å². The van der Waals surface area contributed by atoms with Crippen LogP contribution in [0.15, 0.2) is 47.9 Å². The first kappa shape index (κ1) is 19.1. The number of amides is 1. The molecule has 0 atom stereocenters. The molecular formula is C16H23N5O3S. The Morgan fingerprint density at radius 1 is 1.28 bits per heavy atom. The monoisotopic (exact) mass is 365 g/mol. The van der Waals surface area contributed by atoms with E-state index in [9.17, 15) is 13.2 Å². The molecule has 1 heterocycles. The van der Waals surface area contributed by atoms with Gasteiger partial charge in [0.05, 0.1) is 12.9 Å². The molecule has 25 heavy (non-hydrogen) atoms. The van der Waals surface area contributed by atoms with Crippen LogP contribution in [0, 0.1) is 0 Å². The minimum absolute atomic E-state index is 0.113. The van der Waals surface area contributed by atoms with Gasteiger partial charge in [-0.05, 0) is 12.0 Å². The Morgan fingerprint density at radius 3 is 2.60 bits per heavy atom. The molecule has 8 nitrogen and oxygen atoms in total. The third kappa shape index (κ3) is 5.66. The van der Waals surface area contributed by atoms with Crippen molar-refractivity contribution in [1.29, 1.82) is 0 Å². The van der Waals surface area contributed by atoms with E-state index < -0.39 is 10.0 Å². The molecule has 136 valence electrons. The van der Waals surface area contributed by atoms with Crippen LogP contribution in [0.3, 0.4) is 0 Å². The van der Waals surface area contributed by atoms with Crippen LogP contribution >= 0.6 is 0 Å². The first-order chi connectivity index (χ1) is 11.9. The summed E-state index contributed by atoms with van der Waals surface area (Å²) < 4.78 is 28.1. The fourth-order valence-corrected chi connectivity index (χ4v) is 3.25. The number of aromatic nitrogens is 2. The van der Waals surface area contributed by atoms with E-state index in [1.807, 2.05) is 30.3 Å². The number of benzene rings is 1. The van der Waals surface area contributed by atoms with Crippen molar-refractivity contribution in [3.05, 3.63) is 48.4 Å². The molecule has 0 aliphatic carbocycles. The molecule has 0 unspecified atom stereocenters. The number of rotatable bonds is 9. The van der Waals surface area contributed by atoms with Crippen LogP contribution in [0.4, 0.5) is 0 Å². The predicted octanol–water partition coefficient (Wildman–Crippen LogP) is -0.272. The number of carbonyl (C=O) groups excluding carboxylic acids is 1. The summed E-state index contributed by atoms with van der Waals surface area (Å²) in [5, 5.41) is -0.113. The number of nitrogens with zero attached hydrogens (tertiary/aromatic N) is 3. The number of imidazole rings is 1. The Labute approximate surface area is 147 Å². The summed E-state index contributed by atoms with van der Waals surface area (Å²) in [6.45, 7) is 0.837. The SMILES string of the molecule is Cn1cnc(S(=O)(=O)NCC(=O)N(CCN)CCc2ccccc2)c1. The van der Waals surface area contributed by atoms with Crippen LogP contribution in [0.1, 0.15) is 5.56 Å². The molecule has 1 aromatic heterocycles. The number of hydrogen-bond donors (Lipinski definition) is 2. The molecule has 0 saturated carbocycles. The fourth-order valence-electron chi connectivity index (χ4n) is 2.30. The van der Waals surface area contributed by atoms with Gasteiger partial charge in [0.25, 0.3) is 10.0 Å². The molecule has 0 radical (unpaired) electrons. The Balaban J connectivity index is 1.93. The minimum atomic E-state index is -3.81. The summed E-state index contributed by atoms with van der Waals surface area (Å²) in [6, 6.07) is 9.76. The van der Waals surface area contributed by atoms with E-state index in [1.54, 1.807) is 11.9 Å². The Kier molecular flexibility index (Phi) is 6.68. The van der Waals surface area contributed by atoms with Crippen LogP contribution in [0.5, 0.6) is 0 Å². The zero-order valence-electron chi connectivity index (χ0n) is 14.1. The maximum Gasteiger partial charge on any atom is 0.260 e. The second-order valence-electron chi connectivity index (χ2n) is 5.61. The lowest BCUT2D eigenvalue weighted by atomic mass is 10.1. The molecule has 1 aromatic carbocycles. The number of sulfonamides is 1. The third-order valence-electron chi connectivity index (χ3n) is 3.63. The molecule has 2 rings (SSSR count). The lowest BCUT2D eigenvalue weighted by Gasteiger charge is -2.22. The average Bonchev–Trinajstić information content (AvgIpc) is 3.05. The highest BCUT2D eigenvalue weighted by molar-refractivity contribution is 7.89. The van der Waals surface area contributed by atoms with Gasteiger partial charge in [-0.2, -0.15) is 0 Å². The smallest absolute Gasteiger partial charge is 0.260 e. The van der Waals surface area contributed by atoms with Crippen molar-refractivity contribution in [3.8, 4) is 0 Å². The first-order valence-electron chi connectivity index (χ1n) is 7.92. The van der Waals surface area contributed by atoms with E-state index in [0.29, 0.717) is 26.1 Å². The summed E-state index contributed by atoms with van der Waals surface area (Å²) in [5.41, 5.74) is 6.67. The van der Waals surface area contributed by atoms with Crippen molar-refractivity contribution >= 4 is 15.9 Å². The topological polar surface area (TPSA) is 110 Å². The minimum Gasteiger partial charge on any atom is -0.340 e. The van der Waals surface area contributed by atoms with Crippen LogP contribution < -0.4 is 10.5 Å². The van der Waals surface area contributed by atoms with Crippen LogP contribution in [0.2, 0.25) is 0 Å². The normalized spacial score (nSPS) is 11.4. The molecule has 0 bridgehead atoms. The fraction of sp³-hybridized carbons (Fsp3) is 0.375. The summed E-state index contributed by atoms with van der Waals surface area (Å²) in [4.78, 5) is 17.7. The van der Waals surface area contributed by atoms with E-state index in [-0.39, 0.29) is 17.5 Å². The second-order valence-corrected chi connectivity index (χ2v) is 7.32. The van der Waals surface area contributed by atoms with Gasteiger partial charge in [-0.15, -0.1) is 0 Å². The highest BCUT2D eigenvalue weighted by atomic mass is 32.2. The maximum absolute atomic E-state index is 12.4. The van der Waals surface area contributed by atoms with Crippen LogP contribution in [-0.4, -0.2) is 55.0 Å². The van der Waals surface area contributed by atoms with Gasteiger partial charge in [-0.1, -0.05) is 30.3 Å². The largest absolute Gasteiger partial charge is 0.340 e. The predicted molar refractivity (Wildman–Crippen MR) is 94.2 cm³/mol. The van der Waals surface area contributed by atoms with Crippen molar-refractivity contribution < 1.29 is 13.2 Å². The zero-order chi connectivity index (χ0) is 18.3. The highest BCUT2D eigenvalue weighted by Gasteiger charge is 2.20. The molecule has 3 N–H and O–H groups in total. The van der Waals surface area contributed by atoms with Gasteiger partial charge in [0.2, 0.25) is 5.91 Å². The summed E-state index contributed by atoms with van der Waals surface area (Å²) in [7, 11) is -2.14. The molecule has 0 spiro atoms. The van der Waals surface area contributed by atoms with Crippen molar-refractivity contribution in [2.24, 2.45) is 12.8 Å². The van der Waals surface area contributed by atoms with Gasteiger partial charge in [0.1, 0.15) is 0 Å². The lowest BCUT2D eigenvalue weighted by molar-refractivity contribution is -0.129. The standard InChI is InChI=1S/C16H23N5O3S/c1-20-12-15(18-13-20)25(23,24)19-11-16(22)21(10-8-17)9-7-14-5-3-2-4-6-14/h2-6,12-13,19H,7-11,17H2,1H3. The number of carbonyl (C=O) groups is 1. The molecule has 0 aliphatic heterocycles. The molecule has 0 aliphatic rings. The lowest BCUT2D eigenvalue weighted by Crippen LogP contribution is -2.43. The van der Waals surface area contributed by atoms with E-state index in [1.165, 1.54) is 17.1 Å². The second kappa shape index (κ2) is 8.75. The van der Waals surface area contributed by atoms with Gasteiger partial charge in [0.15, 0.2) is 5.03 Å². The average molecular weight is 365 g/mol. The number of hydrogen-bond acceptors (Lipinski definition) is 5. The third-order valence-corrected chi connectivity index (χ3v) is 4.92. The zero-order valence-corrected chi connectivity index (χ0v) is 14.9. The van der Waals surface area contributed by atoms with E-state index in [2.05, 4.69) is 9.71 Å². The van der Waals surface area contributed by atoms with Crippen LogP contribution in [-0.2, 0) is 28.3 Å². The number of nitrogens with two attached hydrogens (primary N) is 1. The van der Waals surface area contributed by atoms with E-state index >= 15 is 0 Å². The van der Waals surface area contributed by atoms with Gasteiger partial charge in [-0.3, -0.25) is 4.79 Å². The van der Waals surface area contributed by atoms with Crippen molar-refractivity contribution in [2.45, 2.75) is 11.4 Å². The van der Waals surface area contributed by atoms with Crippen LogP contribution in [0.25, 0.3) is 0 Å². The Bertz CT molecular complexity index is 789. The van der Waals surface area contributed by atoms with Gasteiger partial charge < -0.3 is 15.2 Å². The Hall–Kier alpha value is -2.23. The van der Waals surface area contributed by atoms with E-state index in [4.69, 9.17) is 5.73 Å². The quantitative estimate of drug-likeness (QED) is 0.635. The first-order valence-corrected chi connectivity index (χ1v) is 9.40. The molecular weight excluding hydrogens is 342 g/mol. The van der Waals surface area contributed by atoms with Crippen molar-refractivity contribution in [3.63, 3.8) is 0 Å². The maximum atomic E-state index is 12.4. The van der Waals surface area contributed by atoms with Crippen molar-refractivity contribution in [2.75, 3.05) is 26.2 Å². The van der Waals surface area contributed by atoms with Gasteiger partial charge in [0, 0.05) is 32.9 Å². The van der Waals surface area contributed by atoms with Gasteiger partial charge in [-0.25, -0.2) is 18.1 Å². The molecule has 2 aromatic rings. The van der Waals surface area contributed by atoms with E-state index in [0.717, 1.165) is 5.56 Å². The number of nitrogens with one attached hydrogen (secondary N) is 1. The molecule has 9 heteroatoms. The summed E-state index contributed by atoms with van der Waals surface area (Å²) in [6.07, 6.45) is 3.44. The molecule has 1 amide bonds. The summed E-state index contributed by atoms with van der Waals surface area (Å²) >= 11 is 0. The number of aryl methyl sites for hydroxylation is 1. The molecule has 0 fully saturated rings. The summed E-state index contributed by atoms with van der Waals surface area (Å²) in [5.74, 6) is -0.319. The highest BCUT2D eigenvalue weighted by Crippen LogP contribution is 2.05. The molecule has 0 saturated heterocycles. The Morgan fingerprint density at radius 2 is 2.00 bits per heavy atom.